The van der Waals surface area contributed by atoms with Gasteiger partial charge in [0.2, 0.25) is 0 Å². The van der Waals surface area contributed by atoms with Gasteiger partial charge in [-0.3, -0.25) is 4.79 Å². The molecule has 0 radical (unpaired) electrons. The van der Waals surface area contributed by atoms with Crippen LogP contribution < -0.4 is 5.32 Å². The van der Waals surface area contributed by atoms with Crippen molar-refractivity contribution in [2.75, 3.05) is 0 Å². The lowest BCUT2D eigenvalue weighted by molar-refractivity contribution is -0.140. The fourth-order valence-corrected chi connectivity index (χ4v) is 2.92. The minimum absolute atomic E-state index is 0.363. The summed E-state index contributed by atoms with van der Waals surface area (Å²) in [5.41, 5.74) is 2.21. The fourth-order valence-electron chi connectivity index (χ4n) is 2.92. The van der Waals surface area contributed by atoms with E-state index in [-0.39, 0.29) is 5.91 Å². The van der Waals surface area contributed by atoms with E-state index in [1.165, 1.54) is 0 Å². The van der Waals surface area contributed by atoms with Gasteiger partial charge in [0, 0.05) is 29.0 Å². The molecule has 0 bridgehead atoms. The van der Waals surface area contributed by atoms with E-state index in [9.17, 15) is 9.59 Å². The predicted octanol–water partition coefficient (Wildman–Crippen LogP) is 2.68. The number of carboxylic acids is 1. The van der Waals surface area contributed by atoms with Gasteiger partial charge < -0.3 is 15.0 Å². The molecular formula is C19H17N3O3. The number of carbonyl (C=O) groups excluding carboxylic acids is 1. The maximum atomic E-state index is 12.3. The maximum Gasteiger partial charge on any atom is 0.329 e. The molecule has 1 aliphatic rings. The molecular weight excluding hydrogens is 318 g/mol. The standard InChI is InChI=1S/C19H17N3O3/c1-12-10-14-6-9-22(16(14)20-11-12)15-4-2-13(3-5-15)17(23)21-19(7-8-19)18(24)25/h2-6,9-11H,7-8H2,1H3,(H,21,23)(H,24,25). The molecule has 126 valence electrons. The lowest BCUT2D eigenvalue weighted by Gasteiger charge is -2.13. The summed E-state index contributed by atoms with van der Waals surface area (Å²) in [4.78, 5) is 27.9. The minimum atomic E-state index is -1.08. The highest BCUT2D eigenvalue weighted by atomic mass is 16.4. The highest BCUT2D eigenvalue weighted by molar-refractivity contribution is 5.99. The van der Waals surface area contributed by atoms with Gasteiger partial charge >= 0.3 is 5.97 Å². The van der Waals surface area contributed by atoms with Crippen molar-refractivity contribution in [3.63, 3.8) is 0 Å². The minimum Gasteiger partial charge on any atom is -0.480 e. The van der Waals surface area contributed by atoms with Gasteiger partial charge in [0.1, 0.15) is 11.2 Å². The molecule has 0 aliphatic heterocycles. The molecule has 0 atom stereocenters. The smallest absolute Gasteiger partial charge is 0.329 e. The number of benzene rings is 1. The number of rotatable bonds is 4. The van der Waals surface area contributed by atoms with Crippen molar-refractivity contribution >= 4 is 22.9 Å². The summed E-state index contributed by atoms with van der Waals surface area (Å²) in [5.74, 6) is -1.34. The van der Waals surface area contributed by atoms with Gasteiger partial charge in [0.25, 0.3) is 5.91 Å². The Balaban J connectivity index is 1.59. The van der Waals surface area contributed by atoms with Gasteiger partial charge in [-0.1, -0.05) is 0 Å². The molecule has 2 N–H and O–H groups in total. The second-order valence-electron chi connectivity index (χ2n) is 6.50. The molecule has 4 rings (SSSR count). The summed E-state index contributed by atoms with van der Waals surface area (Å²) in [6.07, 6.45) is 4.72. The van der Waals surface area contributed by atoms with Gasteiger partial charge in [-0.15, -0.1) is 0 Å². The van der Waals surface area contributed by atoms with Gasteiger partial charge in [-0.05, 0) is 61.7 Å². The van der Waals surface area contributed by atoms with Crippen LogP contribution in [0, 0.1) is 6.92 Å². The van der Waals surface area contributed by atoms with Crippen LogP contribution >= 0.6 is 0 Å². The maximum absolute atomic E-state index is 12.3. The van der Waals surface area contributed by atoms with Crippen LogP contribution in [0.2, 0.25) is 0 Å². The topological polar surface area (TPSA) is 84.2 Å². The second kappa shape index (κ2) is 5.44. The first kappa shape index (κ1) is 15.4. The number of nitrogens with zero attached hydrogens (tertiary/aromatic N) is 2. The summed E-state index contributed by atoms with van der Waals surface area (Å²) >= 11 is 0. The quantitative estimate of drug-likeness (QED) is 0.768. The Labute approximate surface area is 144 Å². The number of fused-ring (bicyclic) bond motifs is 1. The predicted molar refractivity (Wildman–Crippen MR) is 92.9 cm³/mol. The van der Waals surface area contributed by atoms with E-state index in [1.54, 1.807) is 12.1 Å². The Hall–Kier alpha value is -3.15. The van der Waals surface area contributed by atoms with Crippen molar-refractivity contribution in [3.8, 4) is 5.69 Å². The van der Waals surface area contributed by atoms with Crippen LogP contribution in [-0.4, -0.2) is 32.1 Å². The summed E-state index contributed by atoms with van der Waals surface area (Å²) < 4.78 is 1.95. The molecule has 6 nitrogen and oxygen atoms in total. The number of aliphatic carboxylic acids is 1. The number of nitrogens with one attached hydrogen (secondary N) is 1. The summed E-state index contributed by atoms with van der Waals surface area (Å²) in [6.45, 7) is 2.00. The van der Waals surface area contributed by atoms with Crippen LogP contribution in [0.4, 0.5) is 0 Å². The molecule has 0 spiro atoms. The summed E-state index contributed by atoms with van der Waals surface area (Å²) in [7, 11) is 0. The Kier molecular flexibility index (Phi) is 3.35. The highest BCUT2D eigenvalue weighted by Gasteiger charge is 2.51. The molecule has 6 heteroatoms. The van der Waals surface area contributed by atoms with E-state index in [0.717, 1.165) is 22.3 Å². The third-order valence-corrected chi connectivity index (χ3v) is 4.58. The number of hydrogen-bond acceptors (Lipinski definition) is 3. The van der Waals surface area contributed by atoms with Gasteiger partial charge in [0.05, 0.1) is 0 Å². The molecule has 3 aromatic rings. The molecule has 1 amide bonds. The molecule has 0 unspecified atom stereocenters. The zero-order chi connectivity index (χ0) is 17.6. The van der Waals surface area contributed by atoms with Crippen molar-refractivity contribution in [1.29, 1.82) is 0 Å². The van der Waals surface area contributed by atoms with Crippen LogP contribution in [0.15, 0.2) is 48.8 Å². The van der Waals surface area contributed by atoms with Crippen molar-refractivity contribution < 1.29 is 14.7 Å². The molecule has 2 aromatic heterocycles. The number of hydrogen-bond donors (Lipinski definition) is 2. The van der Waals surface area contributed by atoms with E-state index in [1.807, 2.05) is 42.1 Å². The van der Waals surface area contributed by atoms with E-state index in [0.29, 0.717) is 18.4 Å². The highest BCUT2D eigenvalue weighted by Crippen LogP contribution is 2.35. The average Bonchev–Trinajstić information content (AvgIpc) is 3.27. The number of pyridine rings is 1. The third-order valence-electron chi connectivity index (χ3n) is 4.58. The Morgan fingerprint density at radius 3 is 2.56 bits per heavy atom. The molecule has 0 saturated heterocycles. The van der Waals surface area contributed by atoms with Crippen molar-refractivity contribution in [2.45, 2.75) is 25.3 Å². The average molecular weight is 335 g/mol. The fraction of sp³-hybridized carbons (Fsp3) is 0.211. The van der Waals surface area contributed by atoms with E-state index < -0.39 is 11.5 Å². The molecule has 2 heterocycles. The van der Waals surface area contributed by atoms with Crippen LogP contribution in [0.3, 0.4) is 0 Å². The van der Waals surface area contributed by atoms with Gasteiger partial charge in [-0.25, -0.2) is 9.78 Å². The lowest BCUT2D eigenvalue weighted by Crippen LogP contribution is -2.43. The Bertz CT molecular complexity index is 985. The van der Waals surface area contributed by atoms with Gasteiger partial charge in [0.15, 0.2) is 0 Å². The van der Waals surface area contributed by atoms with Crippen molar-refractivity contribution in [3.05, 3.63) is 59.9 Å². The molecule has 1 saturated carbocycles. The summed E-state index contributed by atoms with van der Waals surface area (Å²) in [5, 5.41) is 12.8. The van der Waals surface area contributed by atoms with Crippen molar-refractivity contribution in [1.82, 2.24) is 14.9 Å². The molecule has 1 fully saturated rings. The first-order valence-corrected chi connectivity index (χ1v) is 8.09. The van der Waals surface area contributed by atoms with E-state index in [2.05, 4.69) is 16.4 Å². The zero-order valence-corrected chi connectivity index (χ0v) is 13.7. The largest absolute Gasteiger partial charge is 0.480 e. The number of aryl methyl sites for hydroxylation is 1. The van der Waals surface area contributed by atoms with Crippen molar-refractivity contribution in [2.24, 2.45) is 0 Å². The van der Waals surface area contributed by atoms with Crippen LogP contribution in [0.5, 0.6) is 0 Å². The Morgan fingerprint density at radius 2 is 1.92 bits per heavy atom. The zero-order valence-electron chi connectivity index (χ0n) is 13.7. The first-order valence-electron chi connectivity index (χ1n) is 8.09. The van der Waals surface area contributed by atoms with Gasteiger partial charge in [-0.2, -0.15) is 0 Å². The first-order chi connectivity index (χ1) is 12.0. The summed E-state index contributed by atoms with van der Waals surface area (Å²) in [6, 6.07) is 11.1. The molecule has 1 aromatic carbocycles. The van der Waals surface area contributed by atoms with Crippen LogP contribution in [0.1, 0.15) is 28.8 Å². The number of aromatic nitrogens is 2. The lowest BCUT2D eigenvalue weighted by atomic mass is 10.1. The monoisotopic (exact) mass is 335 g/mol. The number of carbonyl (C=O) groups is 2. The Morgan fingerprint density at radius 1 is 1.20 bits per heavy atom. The third kappa shape index (κ3) is 2.65. The van der Waals surface area contributed by atoms with Crippen LogP contribution in [-0.2, 0) is 4.79 Å². The number of amides is 1. The molecule has 1 aliphatic carbocycles. The van der Waals surface area contributed by atoms with E-state index >= 15 is 0 Å². The normalized spacial score (nSPS) is 15.1. The van der Waals surface area contributed by atoms with Crippen LogP contribution in [0.25, 0.3) is 16.7 Å². The SMILES string of the molecule is Cc1cnc2c(ccn2-c2ccc(C(=O)NC3(C(=O)O)CC3)cc2)c1. The molecule has 25 heavy (non-hydrogen) atoms. The number of carboxylic acid groups (broad SMARTS) is 1. The van der Waals surface area contributed by atoms with E-state index in [4.69, 9.17) is 5.11 Å². The second-order valence-corrected chi connectivity index (χ2v) is 6.50.